The van der Waals surface area contributed by atoms with Gasteiger partial charge in [-0.2, -0.15) is 4.98 Å². The van der Waals surface area contributed by atoms with Crippen molar-refractivity contribution in [3.05, 3.63) is 54.6 Å². The van der Waals surface area contributed by atoms with Crippen molar-refractivity contribution in [2.45, 2.75) is 25.7 Å². The van der Waals surface area contributed by atoms with Crippen LogP contribution in [0.1, 0.15) is 25.7 Å². The summed E-state index contributed by atoms with van der Waals surface area (Å²) in [6.45, 7) is 0.545. The van der Waals surface area contributed by atoms with Crippen LogP contribution in [-0.2, 0) is 4.79 Å². The Morgan fingerprint density at radius 3 is 2.67 bits per heavy atom. The number of carbonyl (C=O) groups excluding carboxylic acids is 1. The second-order valence-electron chi connectivity index (χ2n) is 6.01. The molecule has 0 radical (unpaired) electrons. The average Bonchev–Trinajstić information content (AvgIpc) is 3.21. The van der Waals surface area contributed by atoms with Gasteiger partial charge in [0.25, 0.3) is 5.89 Å². The van der Waals surface area contributed by atoms with Gasteiger partial charge < -0.3 is 9.26 Å². The summed E-state index contributed by atoms with van der Waals surface area (Å²) < 4.78 is 11.1. The highest BCUT2D eigenvalue weighted by atomic mass is 16.5. The summed E-state index contributed by atoms with van der Waals surface area (Å²) >= 11 is 0. The maximum atomic E-state index is 10.9. The molecule has 1 amide bonds. The fourth-order valence-electron chi connectivity index (χ4n) is 2.57. The number of hydrogen-bond acceptors (Lipinski definition) is 6. The van der Waals surface area contributed by atoms with E-state index in [1.54, 1.807) is 5.48 Å². The molecule has 0 saturated carbocycles. The first kappa shape index (κ1) is 18.6. The Balaban J connectivity index is 1.53. The minimum atomic E-state index is -0.363. The number of nitrogens with zero attached hydrogens (tertiary/aromatic N) is 2. The molecular formula is C20H21N3O4. The van der Waals surface area contributed by atoms with E-state index in [1.807, 2.05) is 54.6 Å². The van der Waals surface area contributed by atoms with Crippen LogP contribution in [0.5, 0.6) is 5.75 Å². The molecule has 0 aliphatic rings. The van der Waals surface area contributed by atoms with E-state index in [0.717, 1.165) is 29.7 Å². The molecule has 0 fully saturated rings. The SMILES string of the molecule is O=C(CCCCCOc1cccc(-c2nc(-c3ccccc3)no2)c1)NO. The molecule has 140 valence electrons. The Morgan fingerprint density at radius 2 is 1.85 bits per heavy atom. The molecule has 7 nitrogen and oxygen atoms in total. The molecule has 0 spiro atoms. The standard InChI is InChI=1S/C20H21N3O4/c24-18(22-25)12-5-2-6-13-26-17-11-7-10-16(14-17)20-21-19(23-27-20)15-8-3-1-4-9-15/h1,3-4,7-11,14,25H,2,5-6,12-13H2,(H,22,24). The fraction of sp³-hybridized carbons (Fsp3) is 0.250. The van der Waals surface area contributed by atoms with Crippen molar-refractivity contribution in [2.24, 2.45) is 0 Å². The third-order valence-electron chi connectivity index (χ3n) is 3.98. The molecule has 0 aliphatic carbocycles. The van der Waals surface area contributed by atoms with Gasteiger partial charge in [-0.15, -0.1) is 0 Å². The summed E-state index contributed by atoms with van der Waals surface area (Å²) in [4.78, 5) is 15.4. The Morgan fingerprint density at radius 1 is 1.04 bits per heavy atom. The van der Waals surface area contributed by atoms with Gasteiger partial charge >= 0.3 is 0 Å². The van der Waals surface area contributed by atoms with Crippen molar-refractivity contribution in [3.8, 4) is 28.6 Å². The van der Waals surface area contributed by atoms with Crippen LogP contribution in [0.2, 0.25) is 0 Å². The maximum Gasteiger partial charge on any atom is 0.258 e. The van der Waals surface area contributed by atoms with Crippen LogP contribution in [-0.4, -0.2) is 27.9 Å². The fourth-order valence-corrected chi connectivity index (χ4v) is 2.57. The normalized spacial score (nSPS) is 10.6. The second kappa shape index (κ2) is 9.49. The first-order valence-corrected chi connectivity index (χ1v) is 8.81. The molecule has 3 aromatic rings. The lowest BCUT2D eigenvalue weighted by Crippen LogP contribution is -2.17. The van der Waals surface area contributed by atoms with Crippen molar-refractivity contribution in [2.75, 3.05) is 6.61 Å². The van der Waals surface area contributed by atoms with Crippen molar-refractivity contribution >= 4 is 5.91 Å². The van der Waals surface area contributed by atoms with Gasteiger partial charge in [0.2, 0.25) is 11.7 Å². The topological polar surface area (TPSA) is 97.5 Å². The Kier molecular flexibility index (Phi) is 6.54. The van der Waals surface area contributed by atoms with Gasteiger partial charge in [-0.1, -0.05) is 41.6 Å². The highest BCUT2D eigenvalue weighted by Crippen LogP contribution is 2.25. The first-order chi connectivity index (χ1) is 13.3. The van der Waals surface area contributed by atoms with Crippen molar-refractivity contribution < 1.29 is 19.3 Å². The van der Waals surface area contributed by atoms with Gasteiger partial charge in [0.15, 0.2) is 0 Å². The van der Waals surface area contributed by atoms with E-state index in [1.165, 1.54) is 0 Å². The molecule has 1 heterocycles. The predicted octanol–water partition coefficient (Wildman–Crippen LogP) is 3.85. The summed E-state index contributed by atoms with van der Waals surface area (Å²) in [5.41, 5.74) is 3.32. The number of hydrogen-bond donors (Lipinski definition) is 2. The number of unbranched alkanes of at least 4 members (excludes halogenated alkanes) is 2. The zero-order valence-corrected chi connectivity index (χ0v) is 14.8. The number of aromatic nitrogens is 2. The smallest absolute Gasteiger partial charge is 0.258 e. The minimum absolute atomic E-state index is 0.312. The van der Waals surface area contributed by atoms with Crippen molar-refractivity contribution in [3.63, 3.8) is 0 Å². The van der Waals surface area contributed by atoms with E-state index in [0.29, 0.717) is 31.2 Å². The first-order valence-electron chi connectivity index (χ1n) is 8.81. The number of carbonyl (C=O) groups is 1. The largest absolute Gasteiger partial charge is 0.494 e. The van der Waals surface area contributed by atoms with E-state index in [-0.39, 0.29) is 5.91 Å². The average molecular weight is 367 g/mol. The lowest BCUT2D eigenvalue weighted by atomic mass is 10.2. The molecule has 0 atom stereocenters. The highest BCUT2D eigenvalue weighted by Gasteiger charge is 2.11. The molecule has 3 rings (SSSR count). The Labute approximate surface area is 156 Å². The molecule has 1 aromatic heterocycles. The summed E-state index contributed by atoms with van der Waals surface area (Å²) in [6.07, 6.45) is 2.69. The number of amides is 1. The number of nitrogens with one attached hydrogen (secondary N) is 1. The van der Waals surface area contributed by atoms with Crippen LogP contribution in [0.25, 0.3) is 22.8 Å². The van der Waals surface area contributed by atoms with Crippen molar-refractivity contribution in [1.29, 1.82) is 0 Å². The summed E-state index contributed by atoms with van der Waals surface area (Å²) in [5.74, 6) is 1.34. The number of benzene rings is 2. The Bertz CT molecular complexity index is 864. The lowest BCUT2D eigenvalue weighted by Gasteiger charge is -2.06. The molecule has 0 saturated heterocycles. The van der Waals surface area contributed by atoms with Crippen LogP contribution in [0.4, 0.5) is 0 Å². The molecular weight excluding hydrogens is 346 g/mol. The second-order valence-corrected chi connectivity index (χ2v) is 6.01. The van der Waals surface area contributed by atoms with E-state index in [9.17, 15) is 4.79 Å². The van der Waals surface area contributed by atoms with Crippen LogP contribution < -0.4 is 10.2 Å². The quantitative estimate of drug-likeness (QED) is 0.339. The van der Waals surface area contributed by atoms with E-state index in [4.69, 9.17) is 14.5 Å². The van der Waals surface area contributed by atoms with E-state index >= 15 is 0 Å². The highest BCUT2D eigenvalue weighted by molar-refractivity contribution is 5.74. The van der Waals surface area contributed by atoms with Gasteiger partial charge in [-0.25, -0.2) is 5.48 Å². The monoisotopic (exact) mass is 367 g/mol. The van der Waals surface area contributed by atoms with Crippen LogP contribution in [0.3, 0.4) is 0 Å². The Hall–Kier alpha value is -3.19. The van der Waals surface area contributed by atoms with Crippen LogP contribution in [0, 0.1) is 0 Å². The van der Waals surface area contributed by atoms with Crippen molar-refractivity contribution in [1.82, 2.24) is 15.6 Å². The third kappa shape index (κ3) is 5.39. The van der Waals surface area contributed by atoms with Gasteiger partial charge in [-0.3, -0.25) is 10.0 Å². The molecule has 2 N–H and O–H groups in total. The van der Waals surface area contributed by atoms with Gasteiger partial charge in [0.1, 0.15) is 5.75 Å². The molecule has 27 heavy (non-hydrogen) atoms. The van der Waals surface area contributed by atoms with Crippen LogP contribution in [0.15, 0.2) is 59.1 Å². The van der Waals surface area contributed by atoms with E-state index in [2.05, 4.69) is 10.1 Å². The third-order valence-corrected chi connectivity index (χ3v) is 3.98. The van der Waals surface area contributed by atoms with Gasteiger partial charge in [-0.05, 0) is 37.5 Å². The summed E-state index contributed by atoms with van der Waals surface area (Å²) in [6, 6.07) is 17.2. The van der Waals surface area contributed by atoms with Gasteiger partial charge in [0.05, 0.1) is 6.61 Å². The number of hydroxylamine groups is 1. The van der Waals surface area contributed by atoms with E-state index < -0.39 is 0 Å². The summed E-state index contributed by atoms with van der Waals surface area (Å²) in [5, 5.41) is 12.5. The zero-order chi connectivity index (χ0) is 18.9. The van der Waals surface area contributed by atoms with Gasteiger partial charge in [0, 0.05) is 17.5 Å². The molecule has 0 aliphatic heterocycles. The summed E-state index contributed by atoms with van der Waals surface area (Å²) in [7, 11) is 0. The van der Waals surface area contributed by atoms with Crippen LogP contribution >= 0.6 is 0 Å². The molecule has 0 bridgehead atoms. The molecule has 0 unspecified atom stereocenters. The number of rotatable bonds is 9. The number of ether oxygens (including phenoxy) is 1. The zero-order valence-electron chi connectivity index (χ0n) is 14.8. The lowest BCUT2D eigenvalue weighted by molar-refractivity contribution is -0.129. The molecule has 7 heteroatoms. The minimum Gasteiger partial charge on any atom is -0.494 e. The molecule has 2 aromatic carbocycles. The predicted molar refractivity (Wildman–Crippen MR) is 99.1 cm³/mol. The maximum absolute atomic E-state index is 10.9.